The van der Waals surface area contributed by atoms with Crippen molar-refractivity contribution < 1.29 is 9.59 Å². The summed E-state index contributed by atoms with van der Waals surface area (Å²) in [5, 5.41) is 11.1. The number of nitrogens with one attached hydrogen (secondary N) is 3. The first kappa shape index (κ1) is 25.8. The van der Waals surface area contributed by atoms with Gasteiger partial charge in [-0.2, -0.15) is 9.47 Å². The summed E-state index contributed by atoms with van der Waals surface area (Å²) in [6.45, 7) is 7.09. The molecule has 0 aliphatic carbocycles. The highest BCUT2D eigenvalue weighted by Crippen LogP contribution is 2.28. The molecular weight excluding hydrogens is 506 g/mol. The van der Waals surface area contributed by atoms with Crippen LogP contribution in [0.2, 0.25) is 0 Å². The van der Waals surface area contributed by atoms with Crippen LogP contribution in [0.3, 0.4) is 0 Å². The summed E-state index contributed by atoms with van der Waals surface area (Å²) in [7, 11) is 0. The topological polar surface area (TPSA) is 160 Å². The van der Waals surface area contributed by atoms with Gasteiger partial charge in [0.25, 0.3) is 5.91 Å². The van der Waals surface area contributed by atoms with E-state index in [1.54, 1.807) is 18.6 Å². The lowest BCUT2D eigenvalue weighted by molar-refractivity contribution is -0.126. The summed E-state index contributed by atoms with van der Waals surface area (Å²) in [5.74, 6) is 5.56. The third kappa shape index (κ3) is 5.98. The Bertz CT molecular complexity index is 1440. The molecule has 2 amide bonds. The quantitative estimate of drug-likeness (QED) is 0.141. The minimum Gasteiger partial charge on any atom is -0.345 e. The molecule has 1 atom stereocenters. The summed E-state index contributed by atoms with van der Waals surface area (Å²) in [6.07, 6.45) is 9.63. The predicted octanol–water partition coefficient (Wildman–Crippen LogP) is 1.44. The fourth-order valence-electron chi connectivity index (χ4n) is 4.64. The van der Waals surface area contributed by atoms with Crippen molar-refractivity contribution in [3.63, 3.8) is 0 Å². The second kappa shape index (κ2) is 11.2. The molecule has 5 rings (SSSR count). The molecule has 14 heteroatoms. The Kier molecular flexibility index (Phi) is 7.62. The molecule has 200 valence electrons. The minimum atomic E-state index is -0.482. The average Bonchev–Trinajstić information content (AvgIpc) is 3.63. The number of nitrogens with two attached hydrogens (primary N) is 1. The van der Waals surface area contributed by atoms with E-state index in [1.165, 1.54) is 29.1 Å². The fourth-order valence-corrected chi connectivity index (χ4v) is 5.30. The smallest absolute Gasteiger partial charge is 0.253 e. The number of fused-ring (bicyclic) bond motifs is 1. The highest BCUT2D eigenvalue weighted by atomic mass is 32.1. The average molecular weight is 538 g/mol. The molecule has 0 radical (unpaired) electrons. The highest BCUT2D eigenvalue weighted by molar-refractivity contribution is 7.10. The van der Waals surface area contributed by atoms with Crippen molar-refractivity contribution in [2.75, 3.05) is 25.0 Å². The Morgan fingerprint density at radius 2 is 2.11 bits per heavy atom. The Morgan fingerprint density at radius 3 is 2.92 bits per heavy atom. The Hall–Kier alpha value is -3.88. The van der Waals surface area contributed by atoms with Crippen LogP contribution >= 0.6 is 11.5 Å². The zero-order valence-electron chi connectivity index (χ0n) is 21.3. The van der Waals surface area contributed by atoms with Gasteiger partial charge in [0.05, 0.1) is 36.0 Å². The van der Waals surface area contributed by atoms with E-state index < -0.39 is 5.91 Å². The molecule has 1 saturated heterocycles. The molecule has 4 aromatic rings. The molecule has 0 saturated carbocycles. The van der Waals surface area contributed by atoms with E-state index in [0.717, 1.165) is 53.2 Å². The monoisotopic (exact) mass is 537 g/mol. The molecule has 5 N–H and O–H groups in total. The number of carbonyl (C=O) groups excluding carboxylic acids is 2. The maximum Gasteiger partial charge on any atom is 0.253 e. The third-order valence-corrected chi connectivity index (χ3v) is 7.12. The van der Waals surface area contributed by atoms with Crippen LogP contribution in [-0.4, -0.2) is 64.9 Å². The van der Waals surface area contributed by atoms with Gasteiger partial charge in [-0.1, -0.05) is 6.92 Å². The largest absolute Gasteiger partial charge is 0.345 e. The van der Waals surface area contributed by atoms with Gasteiger partial charge in [0, 0.05) is 31.0 Å². The number of amides is 2. The third-order valence-electron chi connectivity index (χ3n) is 6.38. The number of carbonyl (C=O) groups is 2. The molecule has 38 heavy (non-hydrogen) atoms. The minimum absolute atomic E-state index is 0.0357. The van der Waals surface area contributed by atoms with Gasteiger partial charge in [0.15, 0.2) is 11.5 Å². The van der Waals surface area contributed by atoms with Crippen molar-refractivity contribution in [3.05, 3.63) is 42.2 Å². The summed E-state index contributed by atoms with van der Waals surface area (Å²) in [5.41, 5.74) is 6.11. The molecule has 1 fully saturated rings. The number of aromatic nitrogens is 6. The van der Waals surface area contributed by atoms with Gasteiger partial charge >= 0.3 is 0 Å². The van der Waals surface area contributed by atoms with Crippen molar-refractivity contribution in [2.24, 2.45) is 11.8 Å². The Labute approximate surface area is 223 Å². The number of rotatable bonds is 9. The number of piperidine rings is 1. The first-order valence-corrected chi connectivity index (χ1v) is 13.2. The molecule has 4 aromatic heterocycles. The zero-order chi connectivity index (χ0) is 26.6. The van der Waals surface area contributed by atoms with Crippen LogP contribution in [0.25, 0.3) is 16.9 Å². The van der Waals surface area contributed by atoms with E-state index in [1.807, 2.05) is 22.9 Å². The zero-order valence-corrected chi connectivity index (χ0v) is 22.2. The number of likely N-dealkylation sites (tertiary alicyclic amines) is 1. The molecule has 0 aromatic carbocycles. The molecule has 5 heterocycles. The lowest BCUT2D eigenvalue weighted by Crippen LogP contribution is -2.41. The molecule has 1 aliphatic rings. The SMILES string of the molecule is Cc1cn2c(-c3cnn(CC(=O)NCC(=O)NN)c3)cnc2c(Nc2cc(CN3CCCC(C)C3)ns2)n1. The van der Waals surface area contributed by atoms with Gasteiger partial charge in [-0.3, -0.25) is 29.0 Å². The lowest BCUT2D eigenvalue weighted by Gasteiger charge is -2.30. The van der Waals surface area contributed by atoms with E-state index in [-0.39, 0.29) is 19.0 Å². The van der Waals surface area contributed by atoms with E-state index in [4.69, 9.17) is 5.84 Å². The predicted molar refractivity (Wildman–Crippen MR) is 143 cm³/mol. The van der Waals surface area contributed by atoms with Crippen LogP contribution in [-0.2, 0) is 22.7 Å². The molecule has 1 aliphatic heterocycles. The van der Waals surface area contributed by atoms with Crippen LogP contribution in [0, 0.1) is 12.8 Å². The molecule has 0 spiro atoms. The Balaban J connectivity index is 1.30. The van der Waals surface area contributed by atoms with Crippen molar-refractivity contribution in [1.82, 2.24) is 44.2 Å². The molecule has 0 bridgehead atoms. The van der Waals surface area contributed by atoms with Crippen molar-refractivity contribution in [1.29, 1.82) is 0 Å². The lowest BCUT2D eigenvalue weighted by atomic mass is 10.0. The maximum absolute atomic E-state index is 12.1. The molecular formula is C24H31N11O2S. The summed E-state index contributed by atoms with van der Waals surface area (Å²) in [6, 6.07) is 2.08. The number of hydrogen-bond acceptors (Lipinski definition) is 10. The van der Waals surface area contributed by atoms with E-state index in [0.29, 0.717) is 11.5 Å². The van der Waals surface area contributed by atoms with Gasteiger partial charge in [-0.05, 0) is 49.8 Å². The fraction of sp³-hybridized carbons (Fsp3) is 0.417. The van der Waals surface area contributed by atoms with Crippen LogP contribution < -0.4 is 21.9 Å². The van der Waals surface area contributed by atoms with Crippen LogP contribution in [0.4, 0.5) is 10.8 Å². The van der Waals surface area contributed by atoms with E-state index in [2.05, 4.69) is 48.0 Å². The standard InChI is InChI=1S/C24H31N11O2S/c1-15-4-3-5-33(10-15)13-18-6-22(38-32-18)30-23-24-27-8-19(35(24)11-16(2)29-23)17-7-28-34(12-17)14-21(37)26-9-20(36)31-25/h6-8,11-12,15H,3-5,9-10,13-14,25H2,1-2H3,(H,26,37)(H,29,30)(H,31,36). The summed E-state index contributed by atoms with van der Waals surface area (Å²) >= 11 is 1.42. The van der Waals surface area contributed by atoms with E-state index in [9.17, 15) is 9.59 Å². The van der Waals surface area contributed by atoms with Crippen molar-refractivity contribution >= 4 is 39.8 Å². The van der Waals surface area contributed by atoms with Gasteiger partial charge in [0.2, 0.25) is 5.91 Å². The first-order chi connectivity index (χ1) is 18.4. The number of aryl methyl sites for hydroxylation is 1. The van der Waals surface area contributed by atoms with E-state index >= 15 is 0 Å². The van der Waals surface area contributed by atoms with Gasteiger partial charge in [0.1, 0.15) is 11.5 Å². The Morgan fingerprint density at radius 1 is 1.24 bits per heavy atom. The van der Waals surface area contributed by atoms with Crippen LogP contribution in [0.5, 0.6) is 0 Å². The van der Waals surface area contributed by atoms with Gasteiger partial charge in [-0.25, -0.2) is 15.8 Å². The number of hydrogen-bond donors (Lipinski definition) is 4. The van der Waals surface area contributed by atoms with Crippen LogP contribution in [0.1, 0.15) is 31.2 Å². The maximum atomic E-state index is 12.1. The first-order valence-electron chi connectivity index (χ1n) is 12.5. The highest BCUT2D eigenvalue weighted by Gasteiger charge is 2.18. The number of hydrazine groups is 1. The van der Waals surface area contributed by atoms with Crippen molar-refractivity contribution in [3.8, 4) is 11.3 Å². The summed E-state index contributed by atoms with van der Waals surface area (Å²) < 4.78 is 8.10. The van der Waals surface area contributed by atoms with Crippen molar-refractivity contribution in [2.45, 2.75) is 39.8 Å². The molecule has 1 unspecified atom stereocenters. The number of imidazole rings is 1. The number of nitrogens with zero attached hydrogens (tertiary/aromatic N) is 7. The number of anilines is 2. The molecule has 13 nitrogen and oxygen atoms in total. The second-order valence-corrected chi connectivity index (χ2v) is 10.4. The van der Waals surface area contributed by atoms with Gasteiger partial charge < -0.3 is 10.6 Å². The van der Waals surface area contributed by atoms with Crippen LogP contribution in [0.15, 0.2) is 30.9 Å². The normalized spacial score (nSPS) is 16.0. The second-order valence-electron chi connectivity index (χ2n) is 9.63. The van der Waals surface area contributed by atoms with Gasteiger partial charge in [-0.15, -0.1) is 0 Å². The summed E-state index contributed by atoms with van der Waals surface area (Å²) in [4.78, 5) is 35.1.